The van der Waals surface area contributed by atoms with Gasteiger partial charge in [0.15, 0.2) is 15.6 Å². The Balaban J connectivity index is 2.82. The quantitative estimate of drug-likeness (QED) is 0.443. The SMILES string of the molecule is O=C1CCCCCC1S(=O)(=O)CI. The molecule has 1 rings (SSSR count). The summed E-state index contributed by atoms with van der Waals surface area (Å²) in [6.07, 6.45) is 3.68. The summed E-state index contributed by atoms with van der Waals surface area (Å²) in [5, 5.41) is -0.702. The van der Waals surface area contributed by atoms with Gasteiger partial charge in [-0.25, -0.2) is 8.42 Å². The molecule has 13 heavy (non-hydrogen) atoms. The predicted octanol–water partition coefficient (Wildman–Crippen LogP) is 1.70. The van der Waals surface area contributed by atoms with Crippen molar-refractivity contribution < 1.29 is 13.2 Å². The van der Waals surface area contributed by atoms with Crippen LogP contribution in [0.25, 0.3) is 0 Å². The molecule has 0 aliphatic heterocycles. The molecule has 1 saturated carbocycles. The second-order valence-corrected chi connectivity index (χ2v) is 7.31. The molecule has 1 aliphatic rings. The molecule has 0 N–H and O–H groups in total. The number of rotatable bonds is 2. The van der Waals surface area contributed by atoms with Crippen molar-refractivity contribution in [1.82, 2.24) is 0 Å². The topological polar surface area (TPSA) is 51.2 Å². The molecule has 0 aromatic rings. The third-order valence-electron chi connectivity index (χ3n) is 2.33. The van der Waals surface area contributed by atoms with Gasteiger partial charge in [-0.2, -0.15) is 0 Å². The Hall–Kier alpha value is 0.350. The minimum absolute atomic E-state index is 0.0567. The molecule has 5 heteroatoms. The van der Waals surface area contributed by atoms with Gasteiger partial charge in [0.25, 0.3) is 0 Å². The minimum Gasteiger partial charge on any atom is -0.298 e. The van der Waals surface area contributed by atoms with Crippen molar-refractivity contribution in [3.63, 3.8) is 0 Å². The van der Waals surface area contributed by atoms with E-state index in [0.29, 0.717) is 12.8 Å². The van der Waals surface area contributed by atoms with Crippen LogP contribution in [0.3, 0.4) is 0 Å². The van der Waals surface area contributed by atoms with Gasteiger partial charge in [0.05, 0.1) is 0 Å². The predicted molar refractivity (Wildman–Crippen MR) is 59.7 cm³/mol. The number of alkyl halides is 1. The number of halogens is 1. The van der Waals surface area contributed by atoms with Crippen molar-refractivity contribution in [1.29, 1.82) is 0 Å². The molecule has 3 nitrogen and oxygen atoms in total. The van der Waals surface area contributed by atoms with Gasteiger partial charge in [0.1, 0.15) is 9.01 Å². The Kier molecular flexibility index (Phi) is 4.15. The van der Waals surface area contributed by atoms with Crippen LogP contribution in [0.5, 0.6) is 0 Å². The Morgan fingerprint density at radius 3 is 2.62 bits per heavy atom. The monoisotopic (exact) mass is 316 g/mol. The molecule has 0 heterocycles. The van der Waals surface area contributed by atoms with E-state index in [-0.39, 0.29) is 9.54 Å². The number of ketones is 1. The van der Waals surface area contributed by atoms with Crippen LogP contribution >= 0.6 is 22.6 Å². The molecular formula is C8H13IO3S. The van der Waals surface area contributed by atoms with Gasteiger partial charge in [-0.1, -0.05) is 35.4 Å². The van der Waals surface area contributed by atoms with Crippen LogP contribution in [0.2, 0.25) is 0 Å². The lowest BCUT2D eigenvalue weighted by molar-refractivity contribution is -0.118. The van der Waals surface area contributed by atoms with Gasteiger partial charge in [0, 0.05) is 6.42 Å². The van der Waals surface area contributed by atoms with Crippen molar-refractivity contribution >= 4 is 38.2 Å². The average molecular weight is 316 g/mol. The lowest BCUT2D eigenvalue weighted by Gasteiger charge is -2.11. The summed E-state index contributed by atoms with van der Waals surface area (Å²) in [4.78, 5) is 11.4. The maximum atomic E-state index is 11.5. The maximum absolute atomic E-state index is 11.5. The summed E-state index contributed by atoms with van der Waals surface area (Å²) < 4.78 is 23.0. The first-order valence-electron chi connectivity index (χ1n) is 4.38. The van der Waals surface area contributed by atoms with Crippen LogP contribution in [-0.2, 0) is 14.6 Å². The lowest BCUT2D eigenvalue weighted by atomic mass is 10.2. The highest BCUT2D eigenvalue weighted by Gasteiger charge is 2.31. The van der Waals surface area contributed by atoms with Crippen LogP contribution in [0.4, 0.5) is 0 Å². The molecule has 0 aromatic carbocycles. The zero-order valence-corrected chi connectivity index (χ0v) is 10.3. The van der Waals surface area contributed by atoms with Crippen LogP contribution in [0.1, 0.15) is 32.1 Å². The van der Waals surface area contributed by atoms with Crippen molar-refractivity contribution in [2.45, 2.75) is 37.4 Å². The average Bonchev–Trinajstić information content (AvgIpc) is 2.30. The molecule has 0 spiro atoms. The van der Waals surface area contributed by atoms with Crippen molar-refractivity contribution in [2.75, 3.05) is 3.76 Å². The van der Waals surface area contributed by atoms with E-state index in [4.69, 9.17) is 0 Å². The minimum atomic E-state index is -3.16. The highest BCUT2D eigenvalue weighted by molar-refractivity contribution is 14.1. The highest BCUT2D eigenvalue weighted by atomic mass is 127. The second kappa shape index (κ2) is 4.72. The third kappa shape index (κ3) is 2.90. The van der Waals surface area contributed by atoms with Gasteiger partial charge in [0.2, 0.25) is 0 Å². The normalized spacial score (nSPS) is 25.6. The van der Waals surface area contributed by atoms with Gasteiger partial charge in [-0.15, -0.1) is 0 Å². The smallest absolute Gasteiger partial charge is 0.169 e. The second-order valence-electron chi connectivity index (χ2n) is 3.33. The number of sulfone groups is 1. The third-order valence-corrected chi connectivity index (χ3v) is 6.61. The highest BCUT2D eigenvalue weighted by Crippen LogP contribution is 2.21. The lowest BCUT2D eigenvalue weighted by Crippen LogP contribution is -2.29. The number of hydrogen-bond donors (Lipinski definition) is 0. The first kappa shape index (κ1) is 11.4. The van der Waals surface area contributed by atoms with E-state index in [1.807, 2.05) is 22.6 Å². The molecule has 0 aromatic heterocycles. The van der Waals surface area contributed by atoms with E-state index in [2.05, 4.69) is 0 Å². The fourth-order valence-corrected chi connectivity index (χ4v) is 4.08. The van der Waals surface area contributed by atoms with Crippen molar-refractivity contribution in [2.24, 2.45) is 0 Å². The van der Waals surface area contributed by atoms with Crippen LogP contribution in [-0.4, -0.2) is 23.2 Å². The molecule has 0 bridgehead atoms. The summed E-state index contributed by atoms with van der Waals surface area (Å²) >= 11 is 1.81. The Bertz CT molecular complexity index is 284. The molecule has 0 saturated heterocycles. The molecule has 0 radical (unpaired) electrons. The molecular weight excluding hydrogens is 303 g/mol. The van der Waals surface area contributed by atoms with E-state index in [1.54, 1.807) is 0 Å². The Morgan fingerprint density at radius 1 is 1.31 bits per heavy atom. The summed E-state index contributed by atoms with van der Waals surface area (Å²) in [6.45, 7) is 0. The van der Waals surface area contributed by atoms with Crippen LogP contribution in [0.15, 0.2) is 0 Å². The first-order valence-corrected chi connectivity index (χ1v) is 7.62. The zero-order valence-electron chi connectivity index (χ0n) is 7.33. The number of Topliss-reactive ketones (excluding diaryl/α,β-unsaturated/α-hetero) is 1. The van der Waals surface area contributed by atoms with Gasteiger partial charge < -0.3 is 0 Å². The van der Waals surface area contributed by atoms with E-state index >= 15 is 0 Å². The van der Waals surface area contributed by atoms with Gasteiger partial charge >= 0.3 is 0 Å². The molecule has 1 aliphatic carbocycles. The molecule has 1 atom stereocenters. The van der Waals surface area contributed by atoms with E-state index in [9.17, 15) is 13.2 Å². The molecule has 0 amide bonds. The van der Waals surface area contributed by atoms with Crippen LogP contribution < -0.4 is 0 Å². The summed E-state index contributed by atoms with van der Waals surface area (Å²) in [5.41, 5.74) is 0. The molecule has 1 unspecified atom stereocenters. The fourth-order valence-electron chi connectivity index (χ4n) is 1.58. The van der Waals surface area contributed by atoms with E-state index in [0.717, 1.165) is 19.3 Å². The van der Waals surface area contributed by atoms with Crippen LogP contribution in [0, 0.1) is 0 Å². The zero-order chi connectivity index (χ0) is 9.90. The number of carbonyl (C=O) groups is 1. The maximum Gasteiger partial charge on any atom is 0.169 e. The van der Waals surface area contributed by atoms with Crippen molar-refractivity contribution in [3.8, 4) is 0 Å². The van der Waals surface area contributed by atoms with E-state index < -0.39 is 15.1 Å². The standard InChI is InChI=1S/C8H13IO3S/c9-6-13(11,12)8-5-3-1-2-4-7(8)10/h8H,1-6H2. The van der Waals surface area contributed by atoms with Gasteiger partial charge in [-0.05, 0) is 12.8 Å². The summed E-state index contributed by atoms with van der Waals surface area (Å²) in [6, 6.07) is 0. The van der Waals surface area contributed by atoms with E-state index in [1.165, 1.54) is 0 Å². The van der Waals surface area contributed by atoms with Crippen molar-refractivity contribution in [3.05, 3.63) is 0 Å². The summed E-state index contributed by atoms with van der Waals surface area (Å²) in [5.74, 6) is -0.0748. The Morgan fingerprint density at radius 2 is 2.00 bits per heavy atom. The first-order chi connectivity index (χ1) is 6.08. The fraction of sp³-hybridized carbons (Fsp3) is 0.875. The summed E-state index contributed by atoms with van der Waals surface area (Å²) in [7, 11) is -3.16. The largest absolute Gasteiger partial charge is 0.298 e. The Labute approximate surface area is 92.3 Å². The molecule has 76 valence electrons. The number of hydrogen-bond acceptors (Lipinski definition) is 3. The number of carbonyl (C=O) groups excluding carboxylic acids is 1. The molecule has 1 fully saturated rings. The van der Waals surface area contributed by atoms with Gasteiger partial charge in [-0.3, -0.25) is 4.79 Å².